The van der Waals surface area contributed by atoms with Gasteiger partial charge in [-0.3, -0.25) is 9.48 Å². The largest absolute Gasteiger partial charge is 0.395 e. The van der Waals surface area contributed by atoms with Crippen molar-refractivity contribution in [3.63, 3.8) is 0 Å². The molecule has 1 aliphatic rings. The normalized spacial score (nSPS) is 16.6. The van der Waals surface area contributed by atoms with Crippen LogP contribution in [0.4, 0.5) is 5.69 Å². The first-order chi connectivity index (χ1) is 8.52. The van der Waals surface area contributed by atoms with E-state index in [2.05, 4.69) is 10.4 Å². The van der Waals surface area contributed by atoms with Crippen molar-refractivity contribution in [2.24, 2.45) is 13.0 Å². The standard InChI is InChI=1S/C13H22N4O/c1-4-10-11(14)12(17(3)16-10)13(18)15-8(2)7-9-5-6-9/h8-9H,4-7,14H2,1-3H3,(H,15,18). The highest BCUT2D eigenvalue weighted by atomic mass is 16.2. The summed E-state index contributed by atoms with van der Waals surface area (Å²) in [7, 11) is 1.76. The Labute approximate surface area is 108 Å². The number of aryl methyl sites for hydroxylation is 2. The van der Waals surface area contributed by atoms with Gasteiger partial charge in [-0.05, 0) is 25.7 Å². The predicted octanol–water partition coefficient (Wildman–Crippen LogP) is 1.48. The van der Waals surface area contributed by atoms with Crippen LogP contribution in [0.2, 0.25) is 0 Å². The fourth-order valence-electron chi connectivity index (χ4n) is 2.33. The quantitative estimate of drug-likeness (QED) is 0.831. The summed E-state index contributed by atoms with van der Waals surface area (Å²) in [5, 5.41) is 7.27. The topological polar surface area (TPSA) is 72.9 Å². The number of carbonyl (C=O) groups is 1. The molecule has 5 heteroatoms. The molecule has 1 aliphatic carbocycles. The summed E-state index contributed by atoms with van der Waals surface area (Å²) in [6.45, 7) is 4.03. The number of carbonyl (C=O) groups excluding carboxylic acids is 1. The zero-order valence-corrected chi connectivity index (χ0v) is 11.4. The third kappa shape index (κ3) is 2.66. The lowest BCUT2D eigenvalue weighted by Crippen LogP contribution is -2.34. The number of anilines is 1. The van der Waals surface area contributed by atoms with Crippen molar-refractivity contribution in [1.29, 1.82) is 0 Å². The lowest BCUT2D eigenvalue weighted by molar-refractivity contribution is 0.0929. The second-order valence-corrected chi connectivity index (χ2v) is 5.24. The molecular formula is C13H22N4O. The van der Waals surface area contributed by atoms with Gasteiger partial charge < -0.3 is 11.1 Å². The number of rotatable bonds is 5. The Morgan fingerprint density at radius 3 is 2.78 bits per heavy atom. The van der Waals surface area contributed by atoms with E-state index in [0.717, 1.165) is 24.5 Å². The van der Waals surface area contributed by atoms with Crippen molar-refractivity contribution in [3.8, 4) is 0 Å². The fourth-order valence-corrected chi connectivity index (χ4v) is 2.33. The van der Waals surface area contributed by atoms with Crippen LogP contribution >= 0.6 is 0 Å². The number of amides is 1. The number of hydrogen-bond acceptors (Lipinski definition) is 3. The van der Waals surface area contributed by atoms with Crippen LogP contribution in [0.15, 0.2) is 0 Å². The molecule has 5 nitrogen and oxygen atoms in total. The monoisotopic (exact) mass is 250 g/mol. The Kier molecular flexibility index (Phi) is 3.59. The summed E-state index contributed by atoms with van der Waals surface area (Å²) in [5.74, 6) is 0.686. The summed E-state index contributed by atoms with van der Waals surface area (Å²) in [4.78, 5) is 12.2. The van der Waals surface area contributed by atoms with Crippen molar-refractivity contribution in [1.82, 2.24) is 15.1 Å². The smallest absolute Gasteiger partial charge is 0.271 e. The molecule has 1 aromatic rings. The lowest BCUT2D eigenvalue weighted by Gasteiger charge is -2.13. The lowest BCUT2D eigenvalue weighted by atomic mass is 10.1. The van der Waals surface area contributed by atoms with Gasteiger partial charge in [0.1, 0.15) is 5.69 Å². The Bertz CT molecular complexity index is 448. The zero-order valence-electron chi connectivity index (χ0n) is 11.4. The molecule has 0 aromatic carbocycles. The van der Waals surface area contributed by atoms with Crippen LogP contribution in [0.3, 0.4) is 0 Å². The predicted molar refractivity (Wildman–Crippen MR) is 71.3 cm³/mol. The first-order valence-electron chi connectivity index (χ1n) is 6.65. The van der Waals surface area contributed by atoms with Crippen LogP contribution in [0, 0.1) is 5.92 Å². The van der Waals surface area contributed by atoms with Crippen LogP contribution < -0.4 is 11.1 Å². The number of nitrogens with two attached hydrogens (primary N) is 1. The van der Waals surface area contributed by atoms with Crippen LogP contribution in [-0.4, -0.2) is 21.7 Å². The molecule has 2 rings (SSSR count). The average molecular weight is 250 g/mol. The van der Waals surface area contributed by atoms with Gasteiger partial charge in [-0.25, -0.2) is 0 Å². The molecule has 1 saturated carbocycles. The molecule has 100 valence electrons. The van der Waals surface area contributed by atoms with E-state index in [4.69, 9.17) is 5.73 Å². The summed E-state index contributed by atoms with van der Waals surface area (Å²) in [6.07, 6.45) is 4.40. The summed E-state index contributed by atoms with van der Waals surface area (Å²) >= 11 is 0. The summed E-state index contributed by atoms with van der Waals surface area (Å²) in [5.41, 5.74) is 7.74. The van der Waals surface area contributed by atoms with Crippen molar-refractivity contribution in [2.75, 3.05) is 5.73 Å². The van der Waals surface area contributed by atoms with Crippen molar-refractivity contribution in [2.45, 2.75) is 45.6 Å². The molecular weight excluding hydrogens is 228 g/mol. The SMILES string of the molecule is CCc1nn(C)c(C(=O)NC(C)CC2CC2)c1N. The minimum absolute atomic E-state index is 0.115. The van der Waals surface area contributed by atoms with E-state index in [1.54, 1.807) is 11.7 Å². The van der Waals surface area contributed by atoms with E-state index < -0.39 is 0 Å². The summed E-state index contributed by atoms with van der Waals surface area (Å²) in [6, 6.07) is 0.198. The minimum Gasteiger partial charge on any atom is -0.395 e. The molecule has 0 saturated heterocycles. The third-order valence-corrected chi connectivity index (χ3v) is 3.47. The molecule has 0 aliphatic heterocycles. The van der Waals surface area contributed by atoms with Gasteiger partial charge in [0.2, 0.25) is 0 Å². The molecule has 3 N–H and O–H groups in total. The number of hydrogen-bond donors (Lipinski definition) is 2. The second kappa shape index (κ2) is 5.00. The van der Waals surface area contributed by atoms with Gasteiger partial charge in [-0.2, -0.15) is 5.10 Å². The summed E-state index contributed by atoms with van der Waals surface area (Å²) < 4.78 is 1.58. The van der Waals surface area contributed by atoms with Gasteiger partial charge in [0, 0.05) is 13.1 Å². The maximum atomic E-state index is 12.2. The molecule has 1 unspecified atom stereocenters. The highest BCUT2D eigenvalue weighted by molar-refractivity contribution is 5.98. The molecule has 1 aromatic heterocycles. The van der Waals surface area contributed by atoms with Gasteiger partial charge in [0.15, 0.2) is 0 Å². The molecule has 1 heterocycles. The number of nitrogens with one attached hydrogen (secondary N) is 1. The van der Waals surface area contributed by atoms with E-state index >= 15 is 0 Å². The zero-order chi connectivity index (χ0) is 13.3. The van der Waals surface area contributed by atoms with Crippen LogP contribution in [-0.2, 0) is 13.5 Å². The number of nitrogens with zero attached hydrogens (tertiary/aromatic N) is 2. The fraction of sp³-hybridized carbons (Fsp3) is 0.692. The molecule has 1 amide bonds. The van der Waals surface area contributed by atoms with Crippen molar-refractivity contribution >= 4 is 11.6 Å². The molecule has 18 heavy (non-hydrogen) atoms. The number of nitrogen functional groups attached to an aromatic ring is 1. The Morgan fingerprint density at radius 2 is 2.28 bits per heavy atom. The van der Waals surface area contributed by atoms with Gasteiger partial charge in [0.25, 0.3) is 5.91 Å². The Hall–Kier alpha value is -1.52. The maximum absolute atomic E-state index is 12.2. The van der Waals surface area contributed by atoms with E-state index in [9.17, 15) is 4.79 Å². The van der Waals surface area contributed by atoms with Gasteiger partial charge in [-0.15, -0.1) is 0 Å². The third-order valence-electron chi connectivity index (χ3n) is 3.47. The van der Waals surface area contributed by atoms with Crippen molar-refractivity contribution < 1.29 is 4.79 Å². The van der Waals surface area contributed by atoms with Crippen LogP contribution in [0.5, 0.6) is 0 Å². The number of aromatic nitrogens is 2. The molecule has 1 fully saturated rings. The van der Waals surface area contributed by atoms with Gasteiger partial charge in [0.05, 0.1) is 11.4 Å². The van der Waals surface area contributed by atoms with Crippen LogP contribution in [0.25, 0.3) is 0 Å². The first kappa shape index (κ1) is 12.9. The highest BCUT2D eigenvalue weighted by Crippen LogP contribution is 2.33. The second-order valence-electron chi connectivity index (χ2n) is 5.24. The van der Waals surface area contributed by atoms with Crippen molar-refractivity contribution in [3.05, 3.63) is 11.4 Å². The maximum Gasteiger partial charge on any atom is 0.271 e. The van der Waals surface area contributed by atoms with E-state index in [1.165, 1.54) is 12.8 Å². The minimum atomic E-state index is -0.115. The van der Waals surface area contributed by atoms with Gasteiger partial charge in [-0.1, -0.05) is 19.8 Å². The molecule has 1 atom stereocenters. The Balaban J connectivity index is 2.05. The molecule has 0 radical (unpaired) electrons. The average Bonchev–Trinajstić information content (AvgIpc) is 3.04. The molecule has 0 bridgehead atoms. The van der Waals surface area contributed by atoms with E-state index in [0.29, 0.717) is 11.4 Å². The Morgan fingerprint density at radius 1 is 1.61 bits per heavy atom. The van der Waals surface area contributed by atoms with Gasteiger partial charge >= 0.3 is 0 Å². The van der Waals surface area contributed by atoms with E-state index in [1.807, 2.05) is 13.8 Å². The van der Waals surface area contributed by atoms with E-state index in [-0.39, 0.29) is 11.9 Å². The highest BCUT2D eigenvalue weighted by Gasteiger charge is 2.26. The molecule has 0 spiro atoms. The van der Waals surface area contributed by atoms with Crippen LogP contribution in [0.1, 0.15) is 49.3 Å². The first-order valence-corrected chi connectivity index (χ1v) is 6.65.